The van der Waals surface area contributed by atoms with E-state index in [2.05, 4.69) is 34.9 Å². The molecule has 0 aromatic heterocycles. The zero-order valence-electron chi connectivity index (χ0n) is 20.4. The number of amides is 2. The summed E-state index contributed by atoms with van der Waals surface area (Å²) in [6.45, 7) is 4.37. The fourth-order valence-corrected chi connectivity index (χ4v) is 4.98. The number of rotatable bonds is 11. The van der Waals surface area contributed by atoms with Crippen molar-refractivity contribution in [2.24, 2.45) is 11.8 Å². The number of carboxylic acid groups (broad SMARTS) is 1. The molecule has 7 nitrogen and oxygen atoms in total. The number of alkyl carbamates (subject to hydrolysis) is 1. The van der Waals surface area contributed by atoms with Crippen molar-refractivity contribution in [3.05, 3.63) is 59.7 Å². The average Bonchev–Trinajstić information content (AvgIpc) is 3.65. The Morgan fingerprint density at radius 2 is 1.63 bits per heavy atom. The highest BCUT2D eigenvalue weighted by Gasteiger charge is 2.48. The molecule has 1 fully saturated rings. The van der Waals surface area contributed by atoms with Crippen LogP contribution in [0.3, 0.4) is 0 Å². The lowest BCUT2D eigenvalue weighted by molar-refractivity contribution is -0.137. The van der Waals surface area contributed by atoms with Crippen LogP contribution < -0.4 is 10.6 Å². The van der Waals surface area contributed by atoms with Crippen LogP contribution in [-0.2, 0) is 14.3 Å². The minimum Gasteiger partial charge on any atom is -0.481 e. The maximum absolute atomic E-state index is 13.0. The fraction of sp³-hybridized carbons (Fsp3) is 0.464. The van der Waals surface area contributed by atoms with Gasteiger partial charge in [0.05, 0.1) is 0 Å². The second kappa shape index (κ2) is 10.5. The molecule has 35 heavy (non-hydrogen) atoms. The predicted octanol–water partition coefficient (Wildman–Crippen LogP) is 4.70. The van der Waals surface area contributed by atoms with Crippen LogP contribution in [0, 0.1) is 11.8 Å². The molecule has 0 heterocycles. The molecule has 0 spiro atoms. The Kier molecular flexibility index (Phi) is 7.43. The summed E-state index contributed by atoms with van der Waals surface area (Å²) < 4.78 is 5.67. The Morgan fingerprint density at radius 1 is 1.03 bits per heavy atom. The molecular formula is C28H34N2O5. The summed E-state index contributed by atoms with van der Waals surface area (Å²) in [5.74, 6) is -0.809. The lowest BCUT2D eigenvalue weighted by Crippen LogP contribution is -2.58. The molecule has 186 valence electrons. The van der Waals surface area contributed by atoms with E-state index < -0.39 is 17.6 Å². The molecule has 0 saturated heterocycles. The van der Waals surface area contributed by atoms with Crippen LogP contribution >= 0.6 is 0 Å². The van der Waals surface area contributed by atoms with Crippen LogP contribution in [-0.4, -0.2) is 41.8 Å². The minimum absolute atomic E-state index is 0.0403. The first-order valence-corrected chi connectivity index (χ1v) is 12.4. The van der Waals surface area contributed by atoms with Gasteiger partial charge in [-0.05, 0) is 66.7 Å². The van der Waals surface area contributed by atoms with Crippen molar-refractivity contribution in [2.75, 3.05) is 13.2 Å². The van der Waals surface area contributed by atoms with Crippen LogP contribution in [0.15, 0.2) is 48.5 Å². The number of aliphatic carboxylic acids is 1. The van der Waals surface area contributed by atoms with Gasteiger partial charge in [-0.25, -0.2) is 4.79 Å². The molecule has 4 rings (SSSR count). The molecule has 7 heteroatoms. The molecular weight excluding hydrogens is 444 g/mol. The molecule has 2 atom stereocenters. The normalized spacial score (nSPS) is 17.0. The number of ether oxygens (including phenoxy) is 1. The summed E-state index contributed by atoms with van der Waals surface area (Å²) in [5, 5.41) is 14.6. The number of carbonyl (C=O) groups is 3. The quantitative estimate of drug-likeness (QED) is 0.434. The van der Waals surface area contributed by atoms with Crippen molar-refractivity contribution in [3.8, 4) is 11.1 Å². The number of benzene rings is 2. The van der Waals surface area contributed by atoms with Gasteiger partial charge in [-0.1, -0.05) is 55.5 Å². The summed E-state index contributed by atoms with van der Waals surface area (Å²) in [4.78, 5) is 36.6. The number of carbonyl (C=O) groups excluding carboxylic acids is 2. The third-order valence-corrected chi connectivity index (χ3v) is 7.34. The van der Waals surface area contributed by atoms with E-state index in [0.29, 0.717) is 19.4 Å². The van der Waals surface area contributed by atoms with Gasteiger partial charge >= 0.3 is 12.1 Å². The zero-order valence-corrected chi connectivity index (χ0v) is 20.4. The van der Waals surface area contributed by atoms with Gasteiger partial charge in [-0.15, -0.1) is 0 Å². The molecule has 2 aliphatic carbocycles. The molecule has 0 radical (unpaired) electrons. The Morgan fingerprint density at radius 3 is 2.20 bits per heavy atom. The van der Waals surface area contributed by atoms with Crippen LogP contribution in [0.2, 0.25) is 0 Å². The van der Waals surface area contributed by atoms with Crippen molar-refractivity contribution in [1.29, 1.82) is 0 Å². The van der Waals surface area contributed by atoms with E-state index in [-0.39, 0.29) is 36.7 Å². The second-order valence-corrected chi connectivity index (χ2v) is 10.0. The van der Waals surface area contributed by atoms with Crippen LogP contribution in [0.5, 0.6) is 0 Å². The first-order chi connectivity index (χ1) is 16.8. The molecule has 0 aliphatic heterocycles. The molecule has 2 amide bonds. The monoisotopic (exact) mass is 478 g/mol. The van der Waals surface area contributed by atoms with E-state index in [1.54, 1.807) is 6.92 Å². The maximum Gasteiger partial charge on any atom is 0.408 e. The number of hydrogen-bond acceptors (Lipinski definition) is 4. The second-order valence-electron chi connectivity index (χ2n) is 10.0. The number of carboxylic acids is 1. The van der Waals surface area contributed by atoms with Gasteiger partial charge < -0.3 is 20.5 Å². The molecule has 2 aromatic rings. The SMILES string of the molecule is CC(CCNC(=O)C(C)(NC(=O)OCC1c2ccccc2-c2ccccc21)C1CC1)CCC(=O)O. The van der Waals surface area contributed by atoms with Gasteiger partial charge in [0.2, 0.25) is 5.91 Å². The van der Waals surface area contributed by atoms with Crippen molar-refractivity contribution in [3.63, 3.8) is 0 Å². The minimum atomic E-state index is -1.03. The highest BCUT2D eigenvalue weighted by molar-refractivity contribution is 5.90. The average molecular weight is 479 g/mol. The lowest BCUT2D eigenvalue weighted by atomic mass is 9.94. The number of fused-ring (bicyclic) bond motifs is 3. The number of hydrogen-bond donors (Lipinski definition) is 3. The number of nitrogens with one attached hydrogen (secondary N) is 2. The van der Waals surface area contributed by atoms with Gasteiger partial charge in [0, 0.05) is 18.9 Å². The summed E-state index contributed by atoms with van der Waals surface area (Å²) in [5.41, 5.74) is 3.57. The van der Waals surface area contributed by atoms with Gasteiger partial charge in [0.15, 0.2) is 0 Å². The van der Waals surface area contributed by atoms with Crippen molar-refractivity contribution < 1.29 is 24.2 Å². The molecule has 1 saturated carbocycles. The van der Waals surface area contributed by atoms with Crippen LogP contribution in [0.4, 0.5) is 4.79 Å². The first kappa shape index (κ1) is 24.8. The largest absolute Gasteiger partial charge is 0.481 e. The van der Waals surface area contributed by atoms with E-state index in [0.717, 1.165) is 35.1 Å². The van der Waals surface area contributed by atoms with Crippen molar-refractivity contribution in [2.45, 2.75) is 57.4 Å². The van der Waals surface area contributed by atoms with E-state index in [1.165, 1.54) is 0 Å². The summed E-state index contributed by atoms with van der Waals surface area (Å²) >= 11 is 0. The van der Waals surface area contributed by atoms with Gasteiger partial charge in [0.1, 0.15) is 12.1 Å². The first-order valence-electron chi connectivity index (χ1n) is 12.4. The van der Waals surface area contributed by atoms with Crippen molar-refractivity contribution >= 4 is 18.0 Å². The topological polar surface area (TPSA) is 105 Å². The third kappa shape index (κ3) is 5.66. The van der Waals surface area contributed by atoms with E-state index >= 15 is 0 Å². The highest BCUT2D eigenvalue weighted by Crippen LogP contribution is 2.44. The highest BCUT2D eigenvalue weighted by atomic mass is 16.5. The van der Waals surface area contributed by atoms with E-state index in [4.69, 9.17) is 9.84 Å². The zero-order chi connectivity index (χ0) is 25.0. The molecule has 0 bridgehead atoms. The standard InChI is InChI=1S/C28H34N2O5/c1-18(11-14-25(31)32)15-16-29-26(33)28(2,19-12-13-19)30-27(34)35-17-24-22-9-5-3-7-20(22)21-8-4-6-10-23(21)24/h3-10,18-19,24H,11-17H2,1-2H3,(H,29,33)(H,30,34)(H,31,32). The Bertz CT molecular complexity index is 1050. The molecule has 3 N–H and O–H groups in total. The molecule has 2 unspecified atom stereocenters. The summed E-state index contributed by atoms with van der Waals surface area (Å²) in [7, 11) is 0. The van der Waals surface area contributed by atoms with E-state index in [9.17, 15) is 14.4 Å². The fourth-order valence-electron chi connectivity index (χ4n) is 4.98. The summed E-state index contributed by atoms with van der Waals surface area (Å²) in [6, 6.07) is 16.3. The van der Waals surface area contributed by atoms with Gasteiger partial charge in [-0.2, -0.15) is 0 Å². The van der Waals surface area contributed by atoms with Crippen molar-refractivity contribution in [1.82, 2.24) is 10.6 Å². The van der Waals surface area contributed by atoms with E-state index in [1.807, 2.05) is 31.2 Å². The molecule has 2 aromatic carbocycles. The smallest absolute Gasteiger partial charge is 0.408 e. The van der Waals surface area contributed by atoms with Gasteiger partial charge in [0.25, 0.3) is 0 Å². The van der Waals surface area contributed by atoms with Crippen LogP contribution in [0.25, 0.3) is 11.1 Å². The molecule has 2 aliphatic rings. The predicted molar refractivity (Wildman–Crippen MR) is 133 cm³/mol. The third-order valence-electron chi connectivity index (χ3n) is 7.34. The Balaban J connectivity index is 1.33. The Labute approximate surface area is 206 Å². The van der Waals surface area contributed by atoms with Crippen LogP contribution in [0.1, 0.15) is 63.0 Å². The van der Waals surface area contributed by atoms with Gasteiger partial charge in [-0.3, -0.25) is 9.59 Å². The summed E-state index contributed by atoms with van der Waals surface area (Å²) in [6.07, 6.45) is 2.54. The maximum atomic E-state index is 13.0. The lowest BCUT2D eigenvalue weighted by Gasteiger charge is -2.29. The Hall–Kier alpha value is -3.35.